The smallest absolute Gasteiger partial charge is 0.336 e. The normalized spacial score (nSPS) is 10.6. The number of fused-ring (bicyclic) bond motifs is 1. The molecule has 2 aromatic carbocycles. The molecule has 0 saturated carbocycles. The minimum atomic E-state index is -0.479. The number of carbonyl (C=O) groups excluding carboxylic acids is 2. The van der Waals surface area contributed by atoms with Gasteiger partial charge >= 0.3 is 5.63 Å². The molecule has 29 heavy (non-hydrogen) atoms. The highest BCUT2D eigenvalue weighted by atomic mass is 35.5. The highest BCUT2D eigenvalue weighted by molar-refractivity contribution is 6.32. The average Bonchev–Trinajstić information content (AvgIpc) is 2.67. The van der Waals surface area contributed by atoms with Crippen molar-refractivity contribution in [2.24, 2.45) is 0 Å². The van der Waals surface area contributed by atoms with Gasteiger partial charge in [-0.1, -0.05) is 17.7 Å². The van der Waals surface area contributed by atoms with Gasteiger partial charge in [0.25, 0.3) is 11.8 Å². The van der Waals surface area contributed by atoms with E-state index in [4.69, 9.17) is 20.8 Å². The number of ether oxygens (including phenoxy) is 1. The lowest BCUT2D eigenvalue weighted by Gasteiger charge is -2.11. The molecule has 3 rings (SSSR count). The Labute approximate surface area is 171 Å². The minimum Gasteiger partial charge on any atom is -0.482 e. The van der Waals surface area contributed by atoms with E-state index in [9.17, 15) is 14.4 Å². The lowest BCUT2D eigenvalue weighted by molar-refractivity contribution is -0.118. The SMILES string of the molecule is CCNC(=O)c1cccc(NC(=O)COc2cc3oc(=O)cc(C)c3cc2Cl)c1. The summed E-state index contributed by atoms with van der Waals surface area (Å²) >= 11 is 6.22. The van der Waals surface area contributed by atoms with Crippen LogP contribution < -0.4 is 21.0 Å². The predicted octanol–water partition coefficient (Wildman–Crippen LogP) is 3.52. The fraction of sp³-hybridized carbons (Fsp3) is 0.190. The standard InChI is InChI=1S/C21H19ClN2O5/c1-3-23-21(27)13-5-4-6-14(8-13)24-19(25)11-28-18-10-17-15(9-16(18)22)12(2)7-20(26)29-17/h4-10H,3,11H2,1-2H3,(H,23,27)(H,24,25). The van der Waals surface area contributed by atoms with E-state index in [1.807, 2.05) is 6.92 Å². The van der Waals surface area contributed by atoms with Gasteiger partial charge in [0.2, 0.25) is 0 Å². The molecule has 3 aromatic rings. The Balaban J connectivity index is 1.70. The number of benzene rings is 2. The van der Waals surface area contributed by atoms with Crippen LogP contribution in [0.15, 0.2) is 51.7 Å². The Kier molecular flexibility index (Phi) is 6.19. The largest absolute Gasteiger partial charge is 0.482 e. The molecule has 0 unspecified atom stereocenters. The summed E-state index contributed by atoms with van der Waals surface area (Å²) in [6.07, 6.45) is 0. The van der Waals surface area contributed by atoms with Crippen molar-refractivity contribution in [1.29, 1.82) is 0 Å². The van der Waals surface area contributed by atoms with Crippen LogP contribution in [0.5, 0.6) is 5.75 Å². The summed E-state index contributed by atoms with van der Waals surface area (Å²) in [6.45, 7) is 3.80. The van der Waals surface area contributed by atoms with Crippen LogP contribution in [0.2, 0.25) is 5.02 Å². The molecule has 1 aromatic heterocycles. The van der Waals surface area contributed by atoms with E-state index in [0.717, 1.165) is 5.56 Å². The van der Waals surface area contributed by atoms with Crippen LogP contribution in [0.4, 0.5) is 5.69 Å². The number of hydrogen-bond acceptors (Lipinski definition) is 5. The van der Waals surface area contributed by atoms with Crippen molar-refractivity contribution in [3.63, 3.8) is 0 Å². The Morgan fingerprint density at radius 3 is 2.72 bits per heavy atom. The second-order valence-electron chi connectivity index (χ2n) is 6.30. The van der Waals surface area contributed by atoms with Gasteiger partial charge in [0.15, 0.2) is 6.61 Å². The summed E-state index contributed by atoms with van der Waals surface area (Å²) in [4.78, 5) is 35.7. The fourth-order valence-corrected chi connectivity index (χ4v) is 2.99. The number of amides is 2. The topological polar surface area (TPSA) is 97.6 Å². The van der Waals surface area contributed by atoms with Crippen molar-refractivity contribution < 1.29 is 18.7 Å². The molecular weight excluding hydrogens is 396 g/mol. The van der Waals surface area contributed by atoms with E-state index < -0.39 is 11.5 Å². The molecule has 0 aliphatic rings. The van der Waals surface area contributed by atoms with Crippen molar-refractivity contribution in [1.82, 2.24) is 5.32 Å². The summed E-state index contributed by atoms with van der Waals surface area (Å²) in [5, 5.41) is 6.34. The van der Waals surface area contributed by atoms with Gasteiger partial charge in [-0.15, -0.1) is 0 Å². The zero-order valence-corrected chi connectivity index (χ0v) is 16.6. The molecule has 0 radical (unpaired) electrons. The van der Waals surface area contributed by atoms with Crippen LogP contribution in [-0.2, 0) is 4.79 Å². The molecule has 150 valence electrons. The van der Waals surface area contributed by atoms with E-state index in [2.05, 4.69) is 10.6 Å². The second-order valence-corrected chi connectivity index (χ2v) is 6.71. The Bertz CT molecular complexity index is 1140. The molecule has 2 N–H and O–H groups in total. The van der Waals surface area contributed by atoms with Gasteiger partial charge in [0.1, 0.15) is 11.3 Å². The van der Waals surface area contributed by atoms with Crippen LogP contribution in [0.25, 0.3) is 11.0 Å². The highest BCUT2D eigenvalue weighted by Crippen LogP contribution is 2.31. The summed E-state index contributed by atoms with van der Waals surface area (Å²) in [6, 6.07) is 11.0. The molecule has 0 saturated heterocycles. The molecular formula is C21H19ClN2O5. The van der Waals surface area contributed by atoms with Crippen LogP contribution in [0.3, 0.4) is 0 Å². The number of nitrogens with one attached hydrogen (secondary N) is 2. The fourth-order valence-electron chi connectivity index (χ4n) is 2.77. The van der Waals surface area contributed by atoms with Gasteiger partial charge in [-0.05, 0) is 43.7 Å². The first kappa shape index (κ1) is 20.4. The third-order valence-electron chi connectivity index (χ3n) is 4.11. The van der Waals surface area contributed by atoms with Crippen molar-refractivity contribution in [2.45, 2.75) is 13.8 Å². The van der Waals surface area contributed by atoms with Gasteiger partial charge in [0, 0.05) is 35.3 Å². The molecule has 0 bridgehead atoms. The molecule has 0 aliphatic carbocycles. The first-order valence-electron chi connectivity index (χ1n) is 8.92. The number of halogens is 1. The lowest BCUT2D eigenvalue weighted by atomic mass is 10.1. The molecule has 7 nitrogen and oxygen atoms in total. The number of rotatable bonds is 6. The van der Waals surface area contributed by atoms with Crippen molar-refractivity contribution in [3.05, 3.63) is 69.0 Å². The van der Waals surface area contributed by atoms with Gasteiger partial charge in [-0.2, -0.15) is 0 Å². The van der Waals surface area contributed by atoms with Gasteiger partial charge < -0.3 is 19.8 Å². The van der Waals surface area contributed by atoms with E-state index >= 15 is 0 Å². The van der Waals surface area contributed by atoms with E-state index in [1.165, 1.54) is 12.1 Å². The summed E-state index contributed by atoms with van der Waals surface area (Å²) < 4.78 is 10.7. The summed E-state index contributed by atoms with van der Waals surface area (Å²) in [5.74, 6) is -0.432. The second kappa shape index (κ2) is 8.79. The van der Waals surface area contributed by atoms with Gasteiger partial charge in [-0.25, -0.2) is 4.79 Å². The Hall–Kier alpha value is -3.32. The number of carbonyl (C=O) groups is 2. The van der Waals surface area contributed by atoms with Gasteiger partial charge in [0.05, 0.1) is 5.02 Å². The van der Waals surface area contributed by atoms with E-state index in [0.29, 0.717) is 33.8 Å². The predicted molar refractivity (Wildman–Crippen MR) is 111 cm³/mol. The number of anilines is 1. The van der Waals surface area contributed by atoms with Crippen molar-refractivity contribution in [2.75, 3.05) is 18.5 Å². The van der Waals surface area contributed by atoms with Crippen LogP contribution in [-0.4, -0.2) is 25.0 Å². The zero-order valence-electron chi connectivity index (χ0n) is 15.9. The third-order valence-corrected chi connectivity index (χ3v) is 4.40. The first-order chi connectivity index (χ1) is 13.9. The molecule has 2 amide bonds. The summed E-state index contributed by atoms with van der Waals surface area (Å²) in [7, 11) is 0. The molecule has 1 heterocycles. The molecule has 8 heteroatoms. The monoisotopic (exact) mass is 414 g/mol. The maximum atomic E-state index is 12.2. The van der Waals surface area contributed by atoms with Crippen molar-refractivity contribution in [3.8, 4) is 5.75 Å². The van der Waals surface area contributed by atoms with Crippen LogP contribution >= 0.6 is 11.6 Å². The molecule has 0 spiro atoms. The maximum absolute atomic E-state index is 12.2. The molecule has 0 fully saturated rings. The number of hydrogen-bond donors (Lipinski definition) is 2. The van der Waals surface area contributed by atoms with E-state index in [1.54, 1.807) is 37.3 Å². The lowest BCUT2D eigenvalue weighted by Crippen LogP contribution is -2.23. The highest BCUT2D eigenvalue weighted by Gasteiger charge is 2.12. The average molecular weight is 415 g/mol. The van der Waals surface area contributed by atoms with Crippen LogP contribution in [0, 0.1) is 6.92 Å². The maximum Gasteiger partial charge on any atom is 0.336 e. The van der Waals surface area contributed by atoms with Crippen molar-refractivity contribution >= 4 is 40.1 Å². The van der Waals surface area contributed by atoms with Crippen LogP contribution in [0.1, 0.15) is 22.8 Å². The first-order valence-corrected chi connectivity index (χ1v) is 9.30. The molecule has 0 atom stereocenters. The number of aryl methyl sites for hydroxylation is 1. The Morgan fingerprint density at radius 1 is 1.17 bits per heavy atom. The van der Waals surface area contributed by atoms with Gasteiger partial charge in [-0.3, -0.25) is 9.59 Å². The summed E-state index contributed by atoms with van der Waals surface area (Å²) in [5.41, 5.74) is 1.48. The zero-order chi connectivity index (χ0) is 21.0. The quantitative estimate of drug-likeness (QED) is 0.601. The minimum absolute atomic E-state index is 0.221. The van der Waals surface area contributed by atoms with E-state index in [-0.39, 0.29) is 18.3 Å². The molecule has 0 aliphatic heterocycles. The Morgan fingerprint density at radius 2 is 1.97 bits per heavy atom. The third kappa shape index (κ3) is 4.94.